The Labute approximate surface area is 90.7 Å². The van der Waals surface area contributed by atoms with Crippen LogP contribution in [0.3, 0.4) is 0 Å². The van der Waals surface area contributed by atoms with Crippen LogP contribution in [0.5, 0.6) is 0 Å². The highest BCUT2D eigenvalue weighted by atomic mass is 19.1. The molecule has 1 aromatic rings. The minimum Gasteiger partial charge on any atom is -0.311 e. The van der Waals surface area contributed by atoms with Gasteiger partial charge in [0.15, 0.2) is 0 Å². The van der Waals surface area contributed by atoms with Gasteiger partial charge in [0.2, 0.25) is 0 Å². The van der Waals surface area contributed by atoms with E-state index in [1.807, 2.05) is 12.1 Å². The molecule has 3 unspecified atom stereocenters. The van der Waals surface area contributed by atoms with E-state index >= 15 is 0 Å². The number of hydrogen-bond acceptors (Lipinski definition) is 1. The van der Waals surface area contributed by atoms with E-state index in [-0.39, 0.29) is 5.82 Å². The van der Waals surface area contributed by atoms with E-state index in [1.54, 1.807) is 12.1 Å². The van der Waals surface area contributed by atoms with Crippen LogP contribution in [-0.4, -0.2) is 12.1 Å². The maximum Gasteiger partial charge on any atom is 0.126 e. The van der Waals surface area contributed by atoms with Crippen molar-refractivity contribution in [2.45, 2.75) is 44.7 Å². The summed E-state index contributed by atoms with van der Waals surface area (Å²) in [5.41, 5.74) is 0.876. The van der Waals surface area contributed by atoms with E-state index in [0.29, 0.717) is 18.0 Å². The van der Waals surface area contributed by atoms with Gasteiger partial charge in [0.1, 0.15) is 5.82 Å². The van der Waals surface area contributed by atoms with Gasteiger partial charge in [-0.05, 0) is 31.4 Å². The summed E-state index contributed by atoms with van der Waals surface area (Å²) in [6, 6.07) is 8.09. The summed E-state index contributed by atoms with van der Waals surface area (Å²) in [7, 11) is 0. The molecule has 1 nitrogen and oxygen atoms in total. The lowest BCUT2D eigenvalue weighted by Gasteiger charge is -2.18. The molecule has 0 aromatic heterocycles. The number of benzene rings is 1. The van der Waals surface area contributed by atoms with Crippen LogP contribution in [0.4, 0.5) is 4.39 Å². The van der Waals surface area contributed by atoms with Crippen molar-refractivity contribution in [2.24, 2.45) is 0 Å². The average Bonchev–Trinajstić information content (AvgIpc) is 2.60. The highest BCUT2D eigenvalue weighted by Crippen LogP contribution is 2.33. The molecule has 1 heterocycles. The quantitative estimate of drug-likeness (QED) is 0.786. The van der Waals surface area contributed by atoms with E-state index in [0.717, 1.165) is 18.4 Å². The highest BCUT2D eigenvalue weighted by Gasteiger charge is 2.32. The van der Waals surface area contributed by atoms with Crippen molar-refractivity contribution < 1.29 is 4.39 Å². The lowest BCUT2D eigenvalue weighted by molar-refractivity contribution is 0.499. The summed E-state index contributed by atoms with van der Waals surface area (Å²) >= 11 is 0. The van der Waals surface area contributed by atoms with Crippen molar-refractivity contribution in [3.8, 4) is 0 Å². The van der Waals surface area contributed by atoms with Gasteiger partial charge in [-0.15, -0.1) is 0 Å². The van der Waals surface area contributed by atoms with Crippen LogP contribution in [0, 0.1) is 5.82 Å². The number of hydrogen-bond donors (Lipinski definition) is 1. The minimum atomic E-state index is -0.0585. The Morgan fingerprint density at radius 2 is 2.13 bits per heavy atom. The third-order valence-electron chi connectivity index (χ3n) is 3.34. The molecule has 15 heavy (non-hydrogen) atoms. The third kappa shape index (κ3) is 2.05. The first-order chi connectivity index (χ1) is 7.22. The molecule has 1 aliphatic heterocycles. The SMILES string of the molecule is CCC1NC(C)CC1c1ccccc1F. The van der Waals surface area contributed by atoms with Crippen molar-refractivity contribution in [3.63, 3.8) is 0 Å². The largest absolute Gasteiger partial charge is 0.311 e. The summed E-state index contributed by atoms with van der Waals surface area (Å²) in [5, 5.41) is 3.51. The Morgan fingerprint density at radius 1 is 1.40 bits per heavy atom. The molecule has 82 valence electrons. The highest BCUT2D eigenvalue weighted by molar-refractivity contribution is 5.25. The van der Waals surface area contributed by atoms with Crippen LogP contribution >= 0.6 is 0 Å². The van der Waals surface area contributed by atoms with Gasteiger partial charge in [-0.3, -0.25) is 0 Å². The van der Waals surface area contributed by atoms with Crippen molar-refractivity contribution in [1.29, 1.82) is 0 Å². The second-order valence-electron chi connectivity index (χ2n) is 4.45. The summed E-state index contributed by atoms with van der Waals surface area (Å²) in [4.78, 5) is 0. The normalized spacial score (nSPS) is 30.7. The molecule has 0 saturated carbocycles. The Hall–Kier alpha value is -0.890. The van der Waals surface area contributed by atoms with Crippen LogP contribution in [0.25, 0.3) is 0 Å². The van der Waals surface area contributed by atoms with Gasteiger partial charge in [0.05, 0.1) is 0 Å². The van der Waals surface area contributed by atoms with Gasteiger partial charge in [0, 0.05) is 18.0 Å². The summed E-state index contributed by atoms with van der Waals surface area (Å²) in [6.45, 7) is 4.33. The fourth-order valence-corrected chi connectivity index (χ4v) is 2.62. The van der Waals surface area contributed by atoms with Crippen LogP contribution in [0.15, 0.2) is 24.3 Å². The van der Waals surface area contributed by atoms with Crippen LogP contribution in [0.2, 0.25) is 0 Å². The Kier molecular flexibility index (Phi) is 3.06. The molecule has 0 bridgehead atoms. The Balaban J connectivity index is 2.26. The van der Waals surface area contributed by atoms with Crippen molar-refractivity contribution in [2.75, 3.05) is 0 Å². The van der Waals surface area contributed by atoms with Crippen LogP contribution < -0.4 is 5.32 Å². The molecule has 1 fully saturated rings. The second-order valence-corrected chi connectivity index (χ2v) is 4.45. The zero-order valence-corrected chi connectivity index (χ0v) is 9.33. The summed E-state index contributed by atoms with van der Waals surface area (Å²) in [6.07, 6.45) is 2.10. The molecule has 0 amide bonds. The Morgan fingerprint density at radius 3 is 2.80 bits per heavy atom. The van der Waals surface area contributed by atoms with Gasteiger partial charge in [-0.2, -0.15) is 0 Å². The number of nitrogens with one attached hydrogen (secondary N) is 1. The van der Waals surface area contributed by atoms with E-state index < -0.39 is 0 Å². The van der Waals surface area contributed by atoms with Gasteiger partial charge in [-0.1, -0.05) is 25.1 Å². The zero-order valence-electron chi connectivity index (χ0n) is 9.33. The molecular weight excluding hydrogens is 189 g/mol. The molecule has 1 saturated heterocycles. The maximum atomic E-state index is 13.7. The smallest absolute Gasteiger partial charge is 0.126 e. The van der Waals surface area contributed by atoms with E-state index in [9.17, 15) is 4.39 Å². The van der Waals surface area contributed by atoms with Crippen molar-refractivity contribution >= 4 is 0 Å². The maximum absolute atomic E-state index is 13.7. The first-order valence-corrected chi connectivity index (χ1v) is 5.72. The molecular formula is C13H18FN. The standard InChI is InChI=1S/C13H18FN/c1-3-13-11(8-9(2)15-13)10-6-4-5-7-12(10)14/h4-7,9,11,13,15H,3,8H2,1-2H3. The first-order valence-electron chi connectivity index (χ1n) is 5.72. The minimum absolute atomic E-state index is 0.0585. The molecule has 1 aromatic carbocycles. The molecule has 0 aliphatic carbocycles. The molecule has 0 spiro atoms. The third-order valence-corrected chi connectivity index (χ3v) is 3.34. The molecule has 1 aliphatic rings. The van der Waals surface area contributed by atoms with Gasteiger partial charge < -0.3 is 5.32 Å². The average molecular weight is 207 g/mol. The lowest BCUT2D eigenvalue weighted by atomic mass is 9.89. The van der Waals surface area contributed by atoms with Gasteiger partial charge in [-0.25, -0.2) is 4.39 Å². The Bertz CT molecular complexity index is 337. The number of halogens is 1. The molecule has 2 heteroatoms. The molecule has 2 rings (SSSR count). The molecule has 1 N–H and O–H groups in total. The predicted molar refractivity (Wildman–Crippen MR) is 60.4 cm³/mol. The molecule has 3 atom stereocenters. The first kappa shape index (κ1) is 10.6. The van der Waals surface area contributed by atoms with Crippen molar-refractivity contribution in [1.82, 2.24) is 5.32 Å². The lowest BCUT2D eigenvalue weighted by Crippen LogP contribution is -2.28. The predicted octanol–water partition coefficient (Wildman–Crippen LogP) is 3.07. The second kappa shape index (κ2) is 4.31. The van der Waals surface area contributed by atoms with E-state index in [1.165, 1.54) is 0 Å². The fourth-order valence-electron chi connectivity index (χ4n) is 2.62. The summed E-state index contributed by atoms with van der Waals surface area (Å²) in [5.74, 6) is 0.281. The topological polar surface area (TPSA) is 12.0 Å². The molecule has 0 radical (unpaired) electrons. The fraction of sp³-hybridized carbons (Fsp3) is 0.538. The van der Waals surface area contributed by atoms with E-state index in [2.05, 4.69) is 19.2 Å². The van der Waals surface area contributed by atoms with Crippen LogP contribution in [0.1, 0.15) is 38.2 Å². The summed E-state index contributed by atoms with van der Waals surface area (Å²) < 4.78 is 13.7. The zero-order chi connectivity index (χ0) is 10.8. The number of rotatable bonds is 2. The monoisotopic (exact) mass is 207 g/mol. The van der Waals surface area contributed by atoms with E-state index in [4.69, 9.17) is 0 Å². The van der Waals surface area contributed by atoms with Gasteiger partial charge >= 0.3 is 0 Å². The van der Waals surface area contributed by atoms with Crippen LogP contribution in [-0.2, 0) is 0 Å². The van der Waals surface area contributed by atoms with Gasteiger partial charge in [0.25, 0.3) is 0 Å². The van der Waals surface area contributed by atoms with Crippen molar-refractivity contribution in [3.05, 3.63) is 35.6 Å².